The summed E-state index contributed by atoms with van der Waals surface area (Å²) in [6.07, 6.45) is 0.665. The van der Waals surface area contributed by atoms with Crippen LogP contribution in [-0.4, -0.2) is 28.0 Å². The average Bonchev–Trinajstić information content (AvgIpc) is 2.25. The zero-order chi connectivity index (χ0) is 14.6. The molecule has 0 radical (unpaired) electrons. The summed E-state index contributed by atoms with van der Waals surface area (Å²) in [5.41, 5.74) is 0.847. The molecule has 0 fully saturated rings. The Balaban J connectivity index is 2.84. The molecule has 1 aromatic rings. The van der Waals surface area contributed by atoms with E-state index in [-0.39, 0.29) is 35.6 Å². The Morgan fingerprint density at radius 2 is 1.63 bits per heavy atom. The number of aliphatic hydroxyl groups is 1. The van der Waals surface area contributed by atoms with Crippen LogP contribution in [0.1, 0.15) is 45.7 Å². The summed E-state index contributed by atoms with van der Waals surface area (Å²) in [5.74, 6) is 0.108. The maximum absolute atomic E-state index is 9.51. The van der Waals surface area contributed by atoms with Gasteiger partial charge in [-0.25, -0.2) is 0 Å². The van der Waals surface area contributed by atoms with Gasteiger partial charge in [-0.15, -0.1) is 0 Å². The van der Waals surface area contributed by atoms with E-state index in [1.54, 1.807) is 12.1 Å². The number of hydrogen-bond acceptors (Lipinski definition) is 4. The number of aliphatic hydroxyl groups excluding tert-OH is 1. The fraction of sp³-hybridized carbons (Fsp3) is 0.600. The molecule has 0 aliphatic carbocycles. The summed E-state index contributed by atoms with van der Waals surface area (Å²) >= 11 is 0. The van der Waals surface area contributed by atoms with Gasteiger partial charge in [0.1, 0.15) is 11.5 Å². The average molecular weight is 267 g/mol. The lowest BCUT2D eigenvalue weighted by atomic mass is 9.84. The number of phenolic OH excluding ortho intramolecular Hbond substituents is 2. The number of hydrogen-bond donors (Lipinski definition) is 4. The zero-order valence-electron chi connectivity index (χ0n) is 12.1. The maximum atomic E-state index is 9.51. The Labute approximate surface area is 115 Å². The highest BCUT2D eigenvalue weighted by Crippen LogP contribution is 2.28. The van der Waals surface area contributed by atoms with Gasteiger partial charge in [0.2, 0.25) is 0 Å². The first kappa shape index (κ1) is 15.8. The van der Waals surface area contributed by atoms with Crippen molar-refractivity contribution in [2.45, 2.75) is 46.2 Å². The lowest BCUT2D eigenvalue weighted by molar-refractivity contribution is 0.188. The highest BCUT2D eigenvalue weighted by Gasteiger charge is 2.25. The van der Waals surface area contributed by atoms with Crippen LogP contribution < -0.4 is 5.32 Å². The molecule has 2 unspecified atom stereocenters. The van der Waals surface area contributed by atoms with Crippen molar-refractivity contribution in [2.75, 3.05) is 6.61 Å². The molecule has 0 amide bonds. The largest absolute Gasteiger partial charge is 0.508 e. The van der Waals surface area contributed by atoms with Gasteiger partial charge in [-0.05, 0) is 36.5 Å². The van der Waals surface area contributed by atoms with Crippen LogP contribution in [0.5, 0.6) is 11.5 Å². The molecule has 0 bridgehead atoms. The Morgan fingerprint density at radius 3 is 2.05 bits per heavy atom. The van der Waals surface area contributed by atoms with Gasteiger partial charge >= 0.3 is 0 Å². The molecule has 0 spiro atoms. The number of phenols is 2. The first-order valence-corrected chi connectivity index (χ1v) is 6.64. The summed E-state index contributed by atoms with van der Waals surface area (Å²) in [6, 6.07) is 4.71. The lowest BCUT2D eigenvalue weighted by Gasteiger charge is -2.34. The molecular formula is C15H25NO3. The summed E-state index contributed by atoms with van der Waals surface area (Å²) < 4.78 is 0. The topological polar surface area (TPSA) is 72.7 Å². The zero-order valence-corrected chi connectivity index (χ0v) is 12.1. The van der Waals surface area contributed by atoms with Crippen molar-refractivity contribution in [1.82, 2.24) is 5.32 Å². The fourth-order valence-electron chi connectivity index (χ4n) is 2.16. The van der Waals surface area contributed by atoms with Gasteiger partial charge < -0.3 is 20.6 Å². The predicted octanol–water partition coefficient (Wildman–Crippen LogP) is 2.55. The molecule has 4 nitrogen and oxygen atoms in total. The molecule has 0 saturated heterocycles. The van der Waals surface area contributed by atoms with E-state index in [9.17, 15) is 10.2 Å². The normalized spacial score (nSPS) is 15.2. The number of rotatable bonds is 5. The minimum atomic E-state index is -0.0197. The van der Waals surface area contributed by atoms with E-state index in [4.69, 9.17) is 5.11 Å². The first-order chi connectivity index (χ1) is 8.74. The molecule has 1 aromatic carbocycles. The maximum Gasteiger partial charge on any atom is 0.119 e. The predicted molar refractivity (Wildman–Crippen MR) is 76.3 cm³/mol. The second kappa shape index (κ2) is 6.26. The molecule has 19 heavy (non-hydrogen) atoms. The van der Waals surface area contributed by atoms with Gasteiger partial charge in [0.25, 0.3) is 0 Å². The van der Waals surface area contributed by atoms with Crippen molar-refractivity contribution < 1.29 is 15.3 Å². The van der Waals surface area contributed by atoms with Crippen LogP contribution in [-0.2, 0) is 0 Å². The molecule has 0 aromatic heterocycles. The van der Waals surface area contributed by atoms with Crippen LogP contribution in [0.15, 0.2) is 18.2 Å². The van der Waals surface area contributed by atoms with E-state index >= 15 is 0 Å². The van der Waals surface area contributed by atoms with Crippen molar-refractivity contribution in [1.29, 1.82) is 0 Å². The van der Waals surface area contributed by atoms with Crippen LogP contribution in [0.4, 0.5) is 0 Å². The third-order valence-electron chi connectivity index (χ3n) is 3.34. The van der Waals surface area contributed by atoms with Crippen LogP contribution in [0, 0.1) is 5.41 Å². The van der Waals surface area contributed by atoms with Crippen molar-refractivity contribution in [3.63, 3.8) is 0 Å². The van der Waals surface area contributed by atoms with Crippen molar-refractivity contribution >= 4 is 0 Å². The van der Waals surface area contributed by atoms with Gasteiger partial charge in [0, 0.05) is 24.8 Å². The van der Waals surface area contributed by atoms with Crippen LogP contribution in [0.3, 0.4) is 0 Å². The smallest absolute Gasteiger partial charge is 0.119 e. The molecule has 0 heterocycles. The summed E-state index contributed by atoms with van der Waals surface area (Å²) in [4.78, 5) is 0. The van der Waals surface area contributed by atoms with E-state index in [0.29, 0.717) is 6.42 Å². The molecule has 4 heteroatoms. The third-order valence-corrected chi connectivity index (χ3v) is 3.34. The van der Waals surface area contributed by atoms with Crippen molar-refractivity contribution in [2.24, 2.45) is 5.41 Å². The van der Waals surface area contributed by atoms with Crippen molar-refractivity contribution in [3.8, 4) is 11.5 Å². The van der Waals surface area contributed by atoms with E-state index in [1.165, 1.54) is 6.07 Å². The summed E-state index contributed by atoms with van der Waals surface area (Å²) in [7, 11) is 0. The molecule has 0 saturated carbocycles. The Bertz CT molecular complexity index is 392. The quantitative estimate of drug-likeness (QED) is 0.661. The Kier molecular flexibility index (Phi) is 5.20. The molecule has 1 rings (SSSR count). The summed E-state index contributed by atoms with van der Waals surface area (Å²) in [6.45, 7) is 8.46. The first-order valence-electron chi connectivity index (χ1n) is 6.64. The highest BCUT2D eigenvalue weighted by atomic mass is 16.3. The fourth-order valence-corrected chi connectivity index (χ4v) is 2.16. The van der Waals surface area contributed by atoms with Gasteiger partial charge in [-0.2, -0.15) is 0 Å². The molecule has 4 N–H and O–H groups in total. The standard InChI is InChI=1S/C15H25NO3/c1-10(11-7-12(18)9-13(19)8-11)16-14(5-6-17)15(2,3)4/h7-10,14,16-19H,5-6H2,1-4H3. The molecule has 0 aliphatic heterocycles. The number of aromatic hydroxyl groups is 2. The minimum Gasteiger partial charge on any atom is -0.508 e. The second-order valence-electron chi connectivity index (χ2n) is 6.10. The SMILES string of the molecule is CC(NC(CCO)C(C)(C)C)c1cc(O)cc(O)c1. The van der Waals surface area contributed by atoms with E-state index < -0.39 is 0 Å². The van der Waals surface area contributed by atoms with Gasteiger partial charge in [-0.3, -0.25) is 0 Å². The number of benzene rings is 1. The molecule has 2 atom stereocenters. The highest BCUT2D eigenvalue weighted by molar-refractivity contribution is 5.38. The Hall–Kier alpha value is -1.26. The van der Waals surface area contributed by atoms with Gasteiger partial charge in [0.15, 0.2) is 0 Å². The Morgan fingerprint density at radius 1 is 1.11 bits per heavy atom. The molecule has 108 valence electrons. The molecule has 0 aliphatic rings. The van der Waals surface area contributed by atoms with Crippen LogP contribution in [0.2, 0.25) is 0 Å². The second-order valence-corrected chi connectivity index (χ2v) is 6.10. The van der Waals surface area contributed by atoms with E-state index in [2.05, 4.69) is 26.1 Å². The lowest BCUT2D eigenvalue weighted by Crippen LogP contribution is -2.42. The third kappa shape index (κ3) is 4.73. The van der Waals surface area contributed by atoms with E-state index in [1.807, 2.05) is 6.92 Å². The van der Waals surface area contributed by atoms with Crippen molar-refractivity contribution in [3.05, 3.63) is 23.8 Å². The monoisotopic (exact) mass is 267 g/mol. The van der Waals surface area contributed by atoms with E-state index in [0.717, 1.165) is 5.56 Å². The molecular weight excluding hydrogens is 242 g/mol. The van der Waals surface area contributed by atoms with Gasteiger partial charge in [-0.1, -0.05) is 20.8 Å². The van der Waals surface area contributed by atoms with Crippen LogP contribution >= 0.6 is 0 Å². The summed E-state index contributed by atoms with van der Waals surface area (Å²) in [5, 5.41) is 31.6. The van der Waals surface area contributed by atoms with Crippen LogP contribution in [0.25, 0.3) is 0 Å². The van der Waals surface area contributed by atoms with Gasteiger partial charge in [0.05, 0.1) is 0 Å². The minimum absolute atomic E-state index is 0.0197. The number of nitrogens with one attached hydrogen (secondary N) is 1.